The Balaban J connectivity index is 1.60. The molecule has 1 N–H and O–H groups in total. The van der Waals surface area contributed by atoms with Crippen molar-refractivity contribution in [1.29, 1.82) is 0 Å². The zero-order chi connectivity index (χ0) is 14.5. The second-order valence-electron chi connectivity index (χ2n) is 5.73. The van der Waals surface area contributed by atoms with Gasteiger partial charge in [-0.1, -0.05) is 31.2 Å². The first-order chi connectivity index (χ1) is 10.3. The Labute approximate surface area is 127 Å². The molecule has 0 saturated carbocycles. The smallest absolute Gasteiger partial charge is 0.119 e. The molecule has 2 aromatic carbocycles. The summed E-state index contributed by atoms with van der Waals surface area (Å²) < 4.78 is 5.62. The topological polar surface area (TPSA) is 21.3 Å². The summed E-state index contributed by atoms with van der Waals surface area (Å²) in [7, 11) is 0. The lowest BCUT2D eigenvalue weighted by Gasteiger charge is -2.26. The molecule has 1 unspecified atom stereocenters. The van der Waals surface area contributed by atoms with Crippen molar-refractivity contribution in [1.82, 2.24) is 0 Å². The molecule has 0 spiro atoms. The molecule has 0 amide bonds. The maximum absolute atomic E-state index is 5.62. The van der Waals surface area contributed by atoms with E-state index in [-0.39, 0.29) is 0 Å². The quantitative estimate of drug-likeness (QED) is 0.874. The van der Waals surface area contributed by atoms with Crippen molar-refractivity contribution in [3.63, 3.8) is 0 Å². The monoisotopic (exact) mass is 281 g/mol. The molecule has 3 rings (SSSR count). The van der Waals surface area contributed by atoms with Gasteiger partial charge in [0.2, 0.25) is 0 Å². The van der Waals surface area contributed by atoms with E-state index in [2.05, 4.69) is 60.8 Å². The SMILES string of the molecule is CCCOc1ccc(NC2CCc3ccccc3C2)cc1. The third kappa shape index (κ3) is 3.57. The standard InChI is InChI=1S/C19H23NO/c1-2-13-21-19-11-9-17(10-12-19)20-18-8-7-15-5-3-4-6-16(15)14-18/h3-6,9-12,18,20H,2,7-8,13-14H2,1H3. The van der Waals surface area contributed by atoms with Crippen LogP contribution in [0.3, 0.4) is 0 Å². The van der Waals surface area contributed by atoms with Gasteiger partial charge in [0.05, 0.1) is 6.61 Å². The van der Waals surface area contributed by atoms with Gasteiger partial charge in [-0.15, -0.1) is 0 Å². The number of fused-ring (bicyclic) bond motifs is 1. The molecule has 21 heavy (non-hydrogen) atoms. The van der Waals surface area contributed by atoms with E-state index in [0.717, 1.165) is 25.2 Å². The van der Waals surface area contributed by atoms with Crippen LogP contribution in [-0.4, -0.2) is 12.6 Å². The van der Waals surface area contributed by atoms with Crippen LogP contribution in [0.5, 0.6) is 5.75 Å². The molecule has 2 aromatic rings. The van der Waals surface area contributed by atoms with E-state index in [1.165, 1.54) is 29.7 Å². The van der Waals surface area contributed by atoms with Gasteiger partial charge in [-0.25, -0.2) is 0 Å². The Bertz CT molecular complexity index is 576. The van der Waals surface area contributed by atoms with Crippen LogP contribution in [0, 0.1) is 0 Å². The zero-order valence-electron chi connectivity index (χ0n) is 12.6. The summed E-state index contributed by atoms with van der Waals surface area (Å²) in [5, 5.41) is 3.65. The molecule has 1 aliphatic rings. The number of nitrogens with one attached hydrogen (secondary N) is 1. The van der Waals surface area contributed by atoms with Crippen molar-refractivity contribution in [3.05, 3.63) is 59.7 Å². The van der Waals surface area contributed by atoms with Gasteiger partial charge in [0.15, 0.2) is 0 Å². The average Bonchev–Trinajstić information content (AvgIpc) is 2.54. The predicted octanol–water partition coefficient (Wildman–Crippen LogP) is 4.44. The fourth-order valence-corrected chi connectivity index (χ4v) is 2.92. The maximum atomic E-state index is 5.62. The molecular weight excluding hydrogens is 258 g/mol. The van der Waals surface area contributed by atoms with E-state index in [1.807, 2.05) is 0 Å². The second-order valence-corrected chi connectivity index (χ2v) is 5.73. The van der Waals surface area contributed by atoms with Crippen molar-refractivity contribution in [2.45, 2.75) is 38.6 Å². The van der Waals surface area contributed by atoms with Gasteiger partial charge in [-0.2, -0.15) is 0 Å². The van der Waals surface area contributed by atoms with Crippen LogP contribution < -0.4 is 10.1 Å². The van der Waals surface area contributed by atoms with Gasteiger partial charge < -0.3 is 10.1 Å². The average molecular weight is 281 g/mol. The molecule has 0 bridgehead atoms. The summed E-state index contributed by atoms with van der Waals surface area (Å²) in [4.78, 5) is 0. The molecule has 0 aromatic heterocycles. The van der Waals surface area contributed by atoms with Gasteiger partial charge in [0.1, 0.15) is 5.75 Å². The van der Waals surface area contributed by atoms with E-state index in [1.54, 1.807) is 0 Å². The van der Waals surface area contributed by atoms with Gasteiger partial charge in [-0.3, -0.25) is 0 Å². The molecule has 0 aliphatic heterocycles. The number of anilines is 1. The Morgan fingerprint density at radius 2 is 1.81 bits per heavy atom. The summed E-state index contributed by atoms with van der Waals surface area (Å²) in [5.41, 5.74) is 4.19. The molecule has 1 atom stereocenters. The molecule has 0 heterocycles. The lowest BCUT2D eigenvalue weighted by Crippen LogP contribution is -2.27. The van der Waals surface area contributed by atoms with Crippen molar-refractivity contribution in [3.8, 4) is 5.75 Å². The second kappa shape index (κ2) is 6.66. The van der Waals surface area contributed by atoms with Crippen molar-refractivity contribution >= 4 is 5.69 Å². The Morgan fingerprint density at radius 3 is 2.57 bits per heavy atom. The molecule has 2 heteroatoms. The van der Waals surface area contributed by atoms with Gasteiger partial charge in [0.25, 0.3) is 0 Å². The van der Waals surface area contributed by atoms with Crippen molar-refractivity contribution in [2.24, 2.45) is 0 Å². The number of aryl methyl sites for hydroxylation is 1. The van der Waals surface area contributed by atoms with E-state index in [4.69, 9.17) is 4.74 Å². The van der Waals surface area contributed by atoms with Gasteiger partial charge in [0, 0.05) is 11.7 Å². The van der Waals surface area contributed by atoms with Crippen LogP contribution >= 0.6 is 0 Å². The Hall–Kier alpha value is -1.96. The number of hydrogen-bond acceptors (Lipinski definition) is 2. The third-order valence-electron chi connectivity index (χ3n) is 4.04. The number of benzene rings is 2. The highest BCUT2D eigenvalue weighted by Crippen LogP contribution is 2.24. The molecule has 1 aliphatic carbocycles. The maximum Gasteiger partial charge on any atom is 0.119 e. The lowest BCUT2D eigenvalue weighted by molar-refractivity contribution is 0.317. The van der Waals surface area contributed by atoms with Crippen LogP contribution in [0.25, 0.3) is 0 Å². The van der Waals surface area contributed by atoms with E-state index in [9.17, 15) is 0 Å². The van der Waals surface area contributed by atoms with Crippen molar-refractivity contribution in [2.75, 3.05) is 11.9 Å². The summed E-state index contributed by atoms with van der Waals surface area (Å²) in [6.07, 6.45) is 4.53. The fraction of sp³-hybridized carbons (Fsp3) is 0.368. The molecular formula is C19H23NO. The number of ether oxygens (including phenoxy) is 1. The number of rotatable bonds is 5. The minimum absolute atomic E-state index is 0.530. The molecule has 2 nitrogen and oxygen atoms in total. The highest BCUT2D eigenvalue weighted by Gasteiger charge is 2.17. The van der Waals surface area contributed by atoms with Crippen LogP contribution in [0.1, 0.15) is 30.9 Å². The van der Waals surface area contributed by atoms with Crippen LogP contribution in [0.2, 0.25) is 0 Å². The normalized spacial score (nSPS) is 17.1. The van der Waals surface area contributed by atoms with Gasteiger partial charge >= 0.3 is 0 Å². The fourth-order valence-electron chi connectivity index (χ4n) is 2.92. The molecule has 110 valence electrons. The summed E-state index contributed by atoms with van der Waals surface area (Å²) in [6.45, 7) is 2.91. The summed E-state index contributed by atoms with van der Waals surface area (Å²) in [6, 6.07) is 17.7. The zero-order valence-corrected chi connectivity index (χ0v) is 12.6. The molecule has 0 radical (unpaired) electrons. The van der Waals surface area contributed by atoms with Crippen LogP contribution in [-0.2, 0) is 12.8 Å². The Kier molecular flexibility index (Phi) is 4.44. The highest BCUT2D eigenvalue weighted by molar-refractivity contribution is 5.48. The van der Waals surface area contributed by atoms with E-state index in [0.29, 0.717) is 6.04 Å². The predicted molar refractivity (Wildman–Crippen MR) is 88.1 cm³/mol. The molecule has 0 fully saturated rings. The first kappa shape index (κ1) is 14.0. The number of hydrogen-bond donors (Lipinski definition) is 1. The minimum Gasteiger partial charge on any atom is -0.494 e. The Morgan fingerprint density at radius 1 is 1.05 bits per heavy atom. The van der Waals surface area contributed by atoms with Crippen LogP contribution in [0.15, 0.2) is 48.5 Å². The van der Waals surface area contributed by atoms with Crippen molar-refractivity contribution < 1.29 is 4.74 Å². The third-order valence-corrected chi connectivity index (χ3v) is 4.04. The minimum atomic E-state index is 0.530. The van der Waals surface area contributed by atoms with E-state index < -0.39 is 0 Å². The highest BCUT2D eigenvalue weighted by atomic mass is 16.5. The lowest BCUT2D eigenvalue weighted by atomic mass is 9.88. The molecule has 0 saturated heterocycles. The first-order valence-corrected chi connectivity index (χ1v) is 7.91. The van der Waals surface area contributed by atoms with Gasteiger partial charge in [-0.05, 0) is 61.1 Å². The largest absolute Gasteiger partial charge is 0.494 e. The summed E-state index contributed by atoms with van der Waals surface area (Å²) in [5.74, 6) is 0.955. The van der Waals surface area contributed by atoms with Crippen LogP contribution in [0.4, 0.5) is 5.69 Å². The summed E-state index contributed by atoms with van der Waals surface area (Å²) >= 11 is 0. The first-order valence-electron chi connectivity index (χ1n) is 7.91. The van der Waals surface area contributed by atoms with E-state index >= 15 is 0 Å².